The summed E-state index contributed by atoms with van der Waals surface area (Å²) in [7, 11) is 0. The molecule has 5 heteroatoms. The van der Waals surface area contributed by atoms with E-state index < -0.39 is 0 Å². The molecule has 0 N–H and O–H groups in total. The summed E-state index contributed by atoms with van der Waals surface area (Å²) >= 11 is 19.2. The Kier molecular flexibility index (Phi) is 6.48. The van der Waals surface area contributed by atoms with Gasteiger partial charge in [0.2, 0.25) is 0 Å². The van der Waals surface area contributed by atoms with Crippen molar-refractivity contribution < 1.29 is 4.58 Å². The first kappa shape index (κ1) is 21.7. The van der Waals surface area contributed by atoms with Gasteiger partial charge in [0.1, 0.15) is 0 Å². The van der Waals surface area contributed by atoms with E-state index in [4.69, 9.17) is 34.8 Å². The number of likely N-dealkylation sites (tertiary alicyclic amines) is 1. The van der Waals surface area contributed by atoms with E-state index in [0.717, 1.165) is 46.7 Å². The van der Waals surface area contributed by atoms with Crippen molar-refractivity contribution in [2.45, 2.75) is 45.2 Å². The highest BCUT2D eigenvalue weighted by Crippen LogP contribution is 2.39. The van der Waals surface area contributed by atoms with Crippen molar-refractivity contribution in [2.75, 3.05) is 13.1 Å². The maximum atomic E-state index is 6.58. The second-order valence-electron chi connectivity index (χ2n) is 8.80. The van der Waals surface area contributed by atoms with Gasteiger partial charge in [-0.3, -0.25) is 0 Å². The highest BCUT2D eigenvalue weighted by Gasteiger charge is 2.46. The fraction of sp³-hybridized carbons (Fsp3) is 0.400. The highest BCUT2D eigenvalue weighted by molar-refractivity contribution is 6.36. The minimum atomic E-state index is -0.102. The molecular formula is C25H28Cl3N2+. The van der Waals surface area contributed by atoms with Crippen molar-refractivity contribution >= 4 is 41.0 Å². The summed E-state index contributed by atoms with van der Waals surface area (Å²) < 4.78 is 2.44. The summed E-state index contributed by atoms with van der Waals surface area (Å²) in [5.41, 5.74) is 3.59. The molecule has 1 saturated heterocycles. The van der Waals surface area contributed by atoms with Crippen LogP contribution in [0.3, 0.4) is 0 Å². The Morgan fingerprint density at radius 3 is 2.23 bits per heavy atom. The van der Waals surface area contributed by atoms with Crippen LogP contribution in [0.15, 0.2) is 54.2 Å². The number of rotatable bonds is 5. The first-order valence-electron chi connectivity index (χ1n) is 10.6. The predicted octanol–water partition coefficient (Wildman–Crippen LogP) is 6.86. The van der Waals surface area contributed by atoms with E-state index in [9.17, 15) is 0 Å². The maximum absolute atomic E-state index is 6.58. The molecule has 158 valence electrons. The van der Waals surface area contributed by atoms with Gasteiger partial charge in [-0.1, -0.05) is 53.0 Å². The Hall–Kier alpha value is -1.48. The van der Waals surface area contributed by atoms with Gasteiger partial charge in [-0.25, -0.2) is 4.58 Å². The number of allylic oxidation sites excluding steroid dienone is 1. The van der Waals surface area contributed by atoms with E-state index >= 15 is 0 Å². The van der Waals surface area contributed by atoms with Gasteiger partial charge in [0.05, 0.1) is 5.92 Å². The monoisotopic (exact) mass is 461 g/mol. The van der Waals surface area contributed by atoms with Crippen molar-refractivity contribution in [3.8, 4) is 0 Å². The van der Waals surface area contributed by atoms with Gasteiger partial charge in [-0.2, -0.15) is 0 Å². The lowest BCUT2D eigenvalue weighted by molar-refractivity contribution is -0.621. The Bertz CT molecular complexity index is 950. The number of hydrogen-bond acceptors (Lipinski definition) is 1. The van der Waals surface area contributed by atoms with Gasteiger partial charge < -0.3 is 4.90 Å². The third-order valence-corrected chi connectivity index (χ3v) is 7.54. The number of hydrogen-bond donors (Lipinski definition) is 0. The summed E-state index contributed by atoms with van der Waals surface area (Å²) in [6, 6.07) is 13.9. The fourth-order valence-electron chi connectivity index (χ4n) is 4.67. The lowest BCUT2D eigenvalue weighted by atomic mass is 9.77. The average molecular weight is 463 g/mol. The van der Waals surface area contributed by atoms with Gasteiger partial charge in [0.25, 0.3) is 0 Å². The van der Waals surface area contributed by atoms with Gasteiger partial charge in [0, 0.05) is 59.3 Å². The summed E-state index contributed by atoms with van der Waals surface area (Å²) in [6.07, 6.45) is 7.89. The Labute approximate surface area is 194 Å². The van der Waals surface area contributed by atoms with Crippen molar-refractivity contribution in [1.29, 1.82) is 0 Å². The molecule has 2 nitrogen and oxygen atoms in total. The van der Waals surface area contributed by atoms with Crippen LogP contribution in [0.5, 0.6) is 0 Å². The predicted molar refractivity (Wildman–Crippen MR) is 128 cm³/mol. The summed E-state index contributed by atoms with van der Waals surface area (Å²) in [5, 5.41) is 2.26. The van der Waals surface area contributed by atoms with Gasteiger partial charge >= 0.3 is 0 Å². The van der Waals surface area contributed by atoms with Crippen LogP contribution in [-0.2, 0) is 13.0 Å². The SMILES string of the molecule is CC1(C)C(Cc2c(Cl)cccc2Cl)C(N2CCCC2)=CC=[N+]1Cc1ccc(Cl)cc1. The quantitative estimate of drug-likeness (QED) is 0.440. The first-order valence-corrected chi connectivity index (χ1v) is 11.7. The average Bonchev–Trinajstić information content (AvgIpc) is 3.23. The van der Waals surface area contributed by atoms with Crippen LogP contribution in [0.1, 0.15) is 37.8 Å². The summed E-state index contributed by atoms with van der Waals surface area (Å²) in [4.78, 5) is 2.55. The Balaban J connectivity index is 1.70. The fourth-order valence-corrected chi connectivity index (χ4v) is 5.34. The van der Waals surface area contributed by atoms with Crippen LogP contribution in [0.4, 0.5) is 0 Å². The van der Waals surface area contributed by atoms with Crippen LogP contribution < -0.4 is 0 Å². The molecule has 0 spiro atoms. The molecule has 0 bridgehead atoms. The second-order valence-corrected chi connectivity index (χ2v) is 10.1. The summed E-state index contributed by atoms with van der Waals surface area (Å²) in [5.74, 6) is 0.283. The van der Waals surface area contributed by atoms with Crippen molar-refractivity contribution in [3.63, 3.8) is 0 Å². The standard InChI is InChI=1S/C25H28Cl3N2/c1-25(2)21(16-20-22(27)6-5-7-23(20)28)24(29-13-3-4-14-29)12-15-30(25)17-18-8-10-19(26)11-9-18/h5-12,15,21H,3-4,13-14,16-17H2,1-2H3/q+1. The second kappa shape index (κ2) is 8.94. The zero-order valence-electron chi connectivity index (χ0n) is 17.5. The largest absolute Gasteiger partial charge is 0.374 e. The third kappa shape index (κ3) is 4.42. The molecule has 2 aromatic carbocycles. The topological polar surface area (TPSA) is 6.25 Å². The van der Waals surface area contributed by atoms with E-state index in [0.29, 0.717) is 0 Å². The zero-order valence-corrected chi connectivity index (χ0v) is 19.8. The molecule has 2 aliphatic rings. The Morgan fingerprint density at radius 2 is 1.60 bits per heavy atom. The van der Waals surface area contributed by atoms with Gasteiger partial charge in [0.15, 0.2) is 18.3 Å². The van der Waals surface area contributed by atoms with E-state index in [-0.39, 0.29) is 11.5 Å². The molecule has 0 saturated carbocycles. The van der Waals surface area contributed by atoms with Crippen LogP contribution >= 0.6 is 34.8 Å². The lowest BCUT2D eigenvalue weighted by Crippen LogP contribution is -2.50. The molecule has 0 aliphatic carbocycles. The molecule has 0 amide bonds. The normalized spacial score (nSPS) is 20.8. The molecule has 2 aromatic rings. The minimum Gasteiger partial charge on any atom is -0.374 e. The molecule has 0 aromatic heterocycles. The van der Waals surface area contributed by atoms with Crippen molar-refractivity contribution in [3.05, 3.63) is 80.4 Å². The molecule has 1 unspecified atom stereocenters. The van der Waals surface area contributed by atoms with Crippen molar-refractivity contribution in [1.82, 2.24) is 4.90 Å². The molecule has 2 heterocycles. The first-order chi connectivity index (χ1) is 14.4. The van der Waals surface area contributed by atoms with E-state index in [1.165, 1.54) is 24.1 Å². The number of benzene rings is 2. The molecular weight excluding hydrogens is 435 g/mol. The van der Waals surface area contributed by atoms with Crippen LogP contribution in [0.25, 0.3) is 0 Å². The van der Waals surface area contributed by atoms with E-state index in [1.54, 1.807) is 0 Å². The van der Waals surface area contributed by atoms with Crippen LogP contribution in [0, 0.1) is 5.92 Å². The number of nitrogens with zero attached hydrogens (tertiary/aromatic N) is 2. The molecule has 1 atom stereocenters. The van der Waals surface area contributed by atoms with Crippen molar-refractivity contribution in [2.24, 2.45) is 5.92 Å². The molecule has 1 fully saturated rings. The molecule has 4 rings (SSSR count). The van der Waals surface area contributed by atoms with E-state index in [2.05, 4.69) is 47.7 Å². The molecule has 30 heavy (non-hydrogen) atoms. The molecule has 2 aliphatic heterocycles. The molecule has 0 radical (unpaired) electrons. The minimum absolute atomic E-state index is 0.102. The van der Waals surface area contributed by atoms with E-state index in [1.807, 2.05) is 30.3 Å². The zero-order chi connectivity index (χ0) is 21.3. The number of halogens is 3. The van der Waals surface area contributed by atoms with Gasteiger partial charge in [-0.05, 0) is 49.1 Å². The third-order valence-electron chi connectivity index (χ3n) is 6.58. The maximum Gasteiger partial charge on any atom is 0.168 e. The highest BCUT2D eigenvalue weighted by atomic mass is 35.5. The smallest absolute Gasteiger partial charge is 0.168 e. The summed E-state index contributed by atoms with van der Waals surface area (Å²) in [6.45, 7) is 7.75. The van der Waals surface area contributed by atoms with Gasteiger partial charge in [-0.15, -0.1) is 0 Å². The Morgan fingerprint density at radius 1 is 0.967 bits per heavy atom. The lowest BCUT2D eigenvalue weighted by Gasteiger charge is -2.39. The van der Waals surface area contributed by atoms with Crippen LogP contribution in [-0.4, -0.2) is 34.3 Å². The van der Waals surface area contributed by atoms with Crippen LogP contribution in [0.2, 0.25) is 15.1 Å².